The van der Waals surface area contributed by atoms with E-state index < -0.39 is 0 Å². The molecule has 0 amide bonds. The van der Waals surface area contributed by atoms with Crippen LogP contribution < -0.4 is 0 Å². The van der Waals surface area contributed by atoms with Crippen LogP contribution in [0.15, 0.2) is 48.9 Å². The Morgan fingerprint density at radius 3 is 2.60 bits per heavy atom. The zero-order valence-corrected chi connectivity index (χ0v) is 15.3. The van der Waals surface area contributed by atoms with E-state index in [1.54, 1.807) is 11.3 Å². The van der Waals surface area contributed by atoms with E-state index in [0.717, 1.165) is 60.5 Å². The van der Waals surface area contributed by atoms with Crippen molar-refractivity contribution in [1.29, 1.82) is 0 Å². The summed E-state index contributed by atoms with van der Waals surface area (Å²) in [7, 11) is 2.19. The van der Waals surface area contributed by atoms with E-state index in [9.17, 15) is 0 Å². The number of benzene rings is 1. The first-order valence-electron chi connectivity index (χ1n) is 8.73. The Labute approximate surface area is 152 Å². The quantitative estimate of drug-likeness (QED) is 0.707. The average molecular weight is 353 g/mol. The van der Waals surface area contributed by atoms with Gasteiger partial charge in [-0.2, -0.15) is 0 Å². The van der Waals surface area contributed by atoms with E-state index in [4.69, 9.17) is 0 Å². The van der Waals surface area contributed by atoms with E-state index in [1.165, 1.54) is 0 Å². The number of rotatable bonds is 5. The molecule has 130 valence electrons. The number of likely N-dealkylation sites (N-methyl/N-ethyl adjacent to an activating group) is 1. The molecule has 3 heterocycles. The molecule has 4 rings (SSSR count). The van der Waals surface area contributed by atoms with Gasteiger partial charge < -0.3 is 9.47 Å². The summed E-state index contributed by atoms with van der Waals surface area (Å²) in [6.07, 6.45) is 5.91. The van der Waals surface area contributed by atoms with Gasteiger partial charge in [0.15, 0.2) is 5.82 Å². The Morgan fingerprint density at radius 2 is 1.80 bits per heavy atom. The maximum Gasteiger partial charge on any atom is 0.151 e. The van der Waals surface area contributed by atoms with Crippen molar-refractivity contribution in [2.75, 3.05) is 39.8 Å². The van der Waals surface area contributed by atoms with Crippen LogP contribution in [0.1, 0.15) is 0 Å². The second-order valence-electron chi connectivity index (χ2n) is 6.48. The molecule has 1 fully saturated rings. The molecule has 3 aromatic rings. The van der Waals surface area contributed by atoms with Crippen LogP contribution in [0.25, 0.3) is 21.3 Å². The largest absolute Gasteiger partial charge is 0.329 e. The van der Waals surface area contributed by atoms with Gasteiger partial charge in [0.25, 0.3) is 0 Å². The molecule has 0 atom stereocenters. The van der Waals surface area contributed by atoms with Gasteiger partial charge in [-0.3, -0.25) is 4.90 Å². The summed E-state index contributed by atoms with van der Waals surface area (Å²) in [5.74, 6) is 1.02. The highest BCUT2D eigenvalue weighted by molar-refractivity contribution is 7.18. The summed E-state index contributed by atoms with van der Waals surface area (Å²) >= 11 is 1.70. The maximum absolute atomic E-state index is 4.59. The first kappa shape index (κ1) is 16.4. The van der Waals surface area contributed by atoms with Crippen molar-refractivity contribution in [2.45, 2.75) is 6.54 Å². The van der Waals surface area contributed by atoms with Crippen molar-refractivity contribution in [1.82, 2.24) is 24.3 Å². The molecular formula is C19H23N5S. The van der Waals surface area contributed by atoms with Gasteiger partial charge in [0.05, 0.1) is 4.88 Å². The molecule has 0 saturated carbocycles. The molecule has 0 radical (unpaired) electrons. The Hall–Kier alpha value is -2.02. The molecule has 5 nitrogen and oxygen atoms in total. The number of hydrogen-bond acceptors (Lipinski definition) is 5. The molecule has 0 aliphatic carbocycles. The van der Waals surface area contributed by atoms with Crippen LogP contribution in [0.2, 0.25) is 0 Å². The smallest absolute Gasteiger partial charge is 0.151 e. The zero-order valence-electron chi connectivity index (χ0n) is 14.5. The van der Waals surface area contributed by atoms with Crippen molar-refractivity contribution in [3.63, 3.8) is 0 Å². The minimum Gasteiger partial charge on any atom is -0.329 e. The van der Waals surface area contributed by atoms with E-state index >= 15 is 0 Å². The molecule has 0 spiro atoms. The minimum atomic E-state index is 0.970. The lowest BCUT2D eigenvalue weighted by molar-refractivity contribution is 0.150. The predicted molar refractivity (Wildman–Crippen MR) is 103 cm³/mol. The Morgan fingerprint density at radius 1 is 1.00 bits per heavy atom. The van der Waals surface area contributed by atoms with Crippen LogP contribution in [0.3, 0.4) is 0 Å². The van der Waals surface area contributed by atoms with Gasteiger partial charge in [0.1, 0.15) is 5.01 Å². The lowest BCUT2D eigenvalue weighted by Crippen LogP contribution is -2.45. The second-order valence-corrected chi connectivity index (χ2v) is 7.52. The third-order valence-corrected chi connectivity index (χ3v) is 5.76. The molecule has 0 bridgehead atoms. The number of hydrogen-bond donors (Lipinski definition) is 0. The number of aromatic nitrogens is 3. The molecular weight excluding hydrogens is 330 g/mol. The van der Waals surface area contributed by atoms with E-state index in [-0.39, 0.29) is 0 Å². The average Bonchev–Trinajstić information content (AvgIpc) is 3.31. The van der Waals surface area contributed by atoms with Crippen molar-refractivity contribution >= 4 is 11.3 Å². The Balaban J connectivity index is 1.46. The van der Waals surface area contributed by atoms with Gasteiger partial charge >= 0.3 is 0 Å². The fourth-order valence-corrected chi connectivity index (χ4v) is 4.06. The van der Waals surface area contributed by atoms with Crippen molar-refractivity contribution in [2.24, 2.45) is 0 Å². The number of nitrogens with zero attached hydrogens (tertiary/aromatic N) is 5. The van der Waals surface area contributed by atoms with Crippen LogP contribution in [0.5, 0.6) is 0 Å². The van der Waals surface area contributed by atoms with Crippen LogP contribution in [0, 0.1) is 0 Å². The third kappa shape index (κ3) is 3.81. The molecule has 1 aliphatic rings. The van der Waals surface area contributed by atoms with Crippen LogP contribution in [-0.4, -0.2) is 64.1 Å². The standard InChI is InChI=1S/C19H23N5S/c1-22-9-11-23(12-10-22)13-14-24-8-7-20-18(24)17-15-21-19(25-17)16-5-3-2-4-6-16/h2-8,15H,9-14H2,1H3. The fourth-order valence-electron chi connectivity index (χ4n) is 3.13. The summed E-state index contributed by atoms with van der Waals surface area (Å²) in [4.78, 5) is 15.2. The molecule has 6 heteroatoms. The summed E-state index contributed by atoms with van der Waals surface area (Å²) in [6, 6.07) is 10.3. The molecule has 1 aliphatic heterocycles. The second kappa shape index (κ2) is 7.47. The summed E-state index contributed by atoms with van der Waals surface area (Å²) in [5.41, 5.74) is 1.16. The predicted octanol–water partition coefficient (Wildman–Crippen LogP) is 2.92. The lowest BCUT2D eigenvalue weighted by atomic mass is 10.2. The summed E-state index contributed by atoms with van der Waals surface area (Å²) in [6.45, 7) is 6.66. The summed E-state index contributed by atoms with van der Waals surface area (Å²) < 4.78 is 2.25. The van der Waals surface area contributed by atoms with Crippen LogP contribution in [0.4, 0.5) is 0 Å². The van der Waals surface area contributed by atoms with Gasteiger partial charge in [-0.15, -0.1) is 11.3 Å². The van der Waals surface area contributed by atoms with Gasteiger partial charge in [0, 0.05) is 63.4 Å². The molecule has 25 heavy (non-hydrogen) atoms. The minimum absolute atomic E-state index is 0.970. The van der Waals surface area contributed by atoms with Crippen molar-refractivity contribution in [3.8, 4) is 21.3 Å². The highest BCUT2D eigenvalue weighted by Gasteiger charge is 2.15. The molecule has 0 unspecified atom stereocenters. The van der Waals surface area contributed by atoms with Crippen molar-refractivity contribution < 1.29 is 0 Å². The van der Waals surface area contributed by atoms with E-state index in [1.807, 2.05) is 30.6 Å². The molecule has 2 aromatic heterocycles. The zero-order chi connectivity index (χ0) is 17.1. The van der Waals surface area contributed by atoms with Gasteiger partial charge in [-0.1, -0.05) is 30.3 Å². The van der Waals surface area contributed by atoms with Gasteiger partial charge in [0.2, 0.25) is 0 Å². The van der Waals surface area contributed by atoms with Gasteiger partial charge in [-0.25, -0.2) is 9.97 Å². The Bertz CT molecular complexity index is 802. The monoisotopic (exact) mass is 353 g/mol. The highest BCUT2D eigenvalue weighted by atomic mass is 32.1. The number of thiazole rings is 1. The van der Waals surface area contributed by atoms with E-state index in [2.05, 4.69) is 49.7 Å². The topological polar surface area (TPSA) is 37.2 Å². The number of imidazole rings is 1. The maximum atomic E-state index is 4.59. The normalized spacial score (nSPS) is 16.4. The Kier molecular flexibility index (Phi) is 4.92. The molecule has 0 N–H and O–H groups in total. The van der Waals surface area contributed by atoms with Gasteiger partial charge in [-0.05, 0) is 7.05 Å². The highest BCUT2D eigenvalue weighted by Crippen LogP contribution is 2.31. The molecule has 1 aromatic carbocycles. The van der Waals surface area contributed by atoms with Crippen LogP contribution in [-0.2, 0) is 6.54 Å². The fraction of sp³-hybridized carbons (Fsp3) is 0.368. The SMILES string of the molecule is CN1CCN(CCn2ccnc2-c2cnc(-c3ccccc3)s2)CC1. The van der Waals surface area contributed by atoms with Crippen molar-refractivity contribution in [3.05, 3.63) is 48.9 Å². The first-order valence-corrected chi connectivity index (χ1v) is 9.55. The van der Waals surface area contributed by atoms with E-state index in [0.29, 0.717) is 0 Å². The third-order valence-electron chi connectivity index (χ3n) is 4.72. The lowest BCUT2D eigenvalue weighted by Gasteiger charge is -2.32. The number of piperazine rings is 1. The summed E-state index contributed by atoms with van der Waals surface area (Å²) in [5, 5.41) is 1.05. The first-order chi connectivity index (χ1) is 12.3. The molecule has 1 saturated heterocycles. The van der Waals surface area contributed by atoms with Crippen LogP contribution >= 0.6 is 11.3 Å².